The van der Waals surface area contributed by atoms with Gasteiger partial charge in [-0.2, -0.15) is 0 Å². The van der Waals surface area contributed by atoms with E-state index in [1.807, 2.05) is 12.1 Å². The van der Waals surface area contributed by atoms with Gasteiger partial charge in [-0.15, -0.1) is 0 Å². The van der Waals surface area contributed by atoms with Crippen LogP contribution in [0.4, 0.5) is 0 Å². The monoisotopic (exact) mass is 273 g/mol. The second kappa shape index (κ2) is 5.81. The van der Waals surface area contributed by atoms with Gasteiger partial charge in [0, 0.05) is 12.6 Å². The van der Waals surface area contributed by atoms with Crippen molar-refractivity contribution in [3.8, 4) is 5.75 Å². The summed E-state index contributed by atoms with van der Waals surface area (Å²) in [4.78, 5) is 0. The number of hydrogen-bond donors (Lipinski definition) is 2. The fourth-order valence-electron chi connectivity index (χ4n) is 2.16. The average Bonchev–Trinajstić information content (AvgIpc) is 2.42. The van der Waals surface area contributed by atoms with Gasteiger partial charge in [-0.25, -0.2) is 0 Å². The third-order valence-electron chi connectivity index (χ3n) is 3.41. The summed E-state index contributed by atoms with van der Waals surface area (Å²) in [6, 6.07) is 12.7. The number of rotatable bonds is 5. The van der Waals surface area contributed by atoms with Crippen LogP contribution in [0.5, 0.6) is 5.75 Å². The highest BCUT2D eigenvalue weighted by Gasteiger charge is 2.14. The van der Waals surface area contributed by atoms with Crippen LogP contribution in [-0.2, 0) is 0 Å². The van der Waals surface area contributed by atoms with E-state index in [1.54, 1.807) is 21.0 Å². The molecule has 3 heteroatoms. The lowest BCUT2D eigenvalue weighted by Crippen LogP contribution is -2.36. The Morgan fingerprint density at radius 1 is 1.15 bits per heavy atom. The van der Waals surface area contributed by atoms with Crippen LogP contribution in [0.1, 0.15) is 32.4 Å². The van der Waals surface area contributed by atoms with Crippen LogP contribution < -0.4 is 10.1 Å². The molecule has 0 fully saturated rings. The van der Waals surface area contributed by atoms with Gasteiger partial charge in [0.25, 0.3) is 0 Å². The number of hydrogen-bond acceptors (Lipinski definition) is 3. The van der Waals surface area contributed by atoms with E-state index in [0.29, 0.717) is 6.54 Å². The van der Waals surface area contributed by atoms with Crippen molar-refractivity contribution < 1.29 is 9.84 Å². The zero-order valence-corrected chi connectivity index (χ0v) is 12.6. The van der Waals surface area contributed by atoms with Crippen LogP contribution in [-0.4, -0.2) is 24.4 Å². The summed E-state index contributed by atoms with van der Waals surface area (Å²) in [5.74, 6) is 0.874. The Morgan fingerprint density at radius 2 is 1.80 bits per heavy atom. The van der Waals surface area contributed by atoms with Crippen LogP contribution in [0.25, 0.3) is 10.8 Å². The Labute approximate surface area is 120 Å². The van der Waals surface area contributed by atoms with Crippen LogP contribution in [0.3, 0.4) is 0 Å². The van der Waals surface area contributed by atoms with Gasteiger partial charge in [0.15, 0.2) is 0 Å². The van der Waals surface area contributed by atoms with E-state index in [-0.39, 0.29) is 6.04 Å². The first-order valence-corrected chi connectivity index (χ1v) is 6.92. The molecule has 0 spiro atoms. The summed E-state index contributed by atoms with van der Waals surface area (Å²) in [5, 5.41) is 15.5. The summed E-state index contributed by atoms with van der Waals surface area (Å²) in [5.41, 5.74) is 0.519. The van der Waals surface area contributed by atoms with Gasteiger partial charge in [-0.3, -0.25) is 0 Å². The summed E-state index contributed by atoms with van der Waals surface area (Å²) >= 11 is 0. The number of nitrogens with one attached hydrogen (secondary N) is 1. The van der Waals surface area contributed by atoms with E-state index < -0.39 is 5.60 Å². The Bertz CT molecular complexity index is 587. The maximum absolute atomic E-state index is 9.77. The summed E-state index contributed by atoms with van der Waals surface area (Å²) in [6.45, 7) is 6.28. The minimum Gasteiger partial charge on any atom is -0.497 e. The van der Waals surface area contributed by atoms with E-state index >= 15 is 0 Å². The number of ether oxygens (including phenoxy) is 1. The van der Waals surface area contributed by atoms with E-state index in [2.05, 4.69) is 36.5 Å². The summed E-state index contributed by atoms with van der Waals surface area (Å²) < 4.78 is 5.24. The smallest absolute Gasteiger partial charge is 0.119 e. The minimum absolute atomic E-state index is 0.202. The summed E-state index contributed by atoms with van der Waals surface area (Å²) in [7, 11) is 1.68. The molecular formula is C17H23NO2. The van der Waals surface area contributed by atoms with E-state index in [4.69, 9.17) is 4.74 Å². The SMILES string of the molecule is COc1ccc2cc(C(C)NCC(C)(C)O)ccc2c1. The molecule has 2 aromatic carbocycles. The van der Waals surface area contributed by atoms with Crippen molar-refractivity contribution in [2.75, 3.05) is 13.7 Å². The molecule has 108 valence electrons. The van der Waals surface area contributed by atoms with E-state index in [0.717, 1.165) is 5.75 Å². The lowest BCUT2D eigenvalue weighted by atomic mass is 10.0. The van der Waals surface area contributed by atoms with Gasteiger partial charge < -0.3 is 15.2 Å². The van der Waals surface area contributed by atoms with E-state index in [9.17, 15) is 5.11 Å². The fourth-order valence-corrected chi connectivity index (χ4v) is 2.16. The van der Waals surface area contributed by atoms with Gasteiger partial charge >= 0.3 is 0 Å². The molecule has 3 nitrogen and oxygen atoms in total. The van der Waals surface area contributed by atoms with Gasteiger partial charge in [-0.05, 0) is 55.3 Å². The maximum Gasteiger partial charge on any atom is 0.119 e. The first-order valence-electron chi connectivity index (χ1n) is 6.92. The zero-order valence-electron chi connectivity index (χ0n) is 12.6. The average molecular weight is 273 g/mol. The van der Waals surface area contributed by atoms with Crippen molar-refractivity contribution in [1.82, 2.24) is 5.32 Å². The first kappa shape index (κ1) is 14.8. The number of methoxy groups -OCH3 is 1. The van der Waals surface area contributed by atoms with Crippen molar-refractivity contribution in [2.45, 2.75) is 32.4 Å². The predicted molar refractivity (Wildman–Crippen MR) is 83.2 cm³/mol. The van der Waals surface area contributed by atoms with Crippen molar-refractivity contribution in [1.29, 1.82) is 0 Å². The standard InChI is InChI=1S/C17H23NO2/c1-12(18-11-17(2,3)19)13-5-6-15-10-16(20-4)8-7-14(15)9-13/h5-10,12,18-19H,11H2,1-4H3. The van der Waals surface area contributed by atoms with Crippen LogP contribution >= 0.6 is 0 Å². The number of benzene rings is 2. The molecule has 0 aromatic heterocycles. The highest BCUT2D eigenvalue weighted by Crippen LogP contribution is 2.24. The lowest BCUT2D eigenvalue weighted by molar-refractivity contribution is 0.0770. The molecule has 0 heterocycles. The quantitative estimate of drug-likeness (QED) is 0.878. The zero-order chi connectivity index (χ0) is 14.8. The van der Waals surface area contributed by atoms with E-state index in [1.165, 1.54) is 16.3 Å². The molecule has 0 saturated heterocycles. The Kier molecular flexibility index (Phi) is 4.31. The lowest BCUT2D eigenvalue weighted by Gasteiger charge is -2.22. The third kappa shape index (κ3) is 3.71. The van der Waals surface area contributed by atoms with Crippen molar-refractivity contribution in [3.05, 3.63) is 42.0 Å². The van der Waals surface area contributed by atoms with Gasteiger partial charge in [0.05, 0.1) is 12.7 Å². The molecule has 0 bridgehead atoms. The Morgan fingerprint density at radius 3 is 2.45 bits per heavy atom. The Hall–Kier alpha value is -1.58. The molecule has 2 aromatic rings. The molecule has 0 amide bonds. The topological polar surface area (TPSA) is 41.5 Å². The molecule has 0 aliphatic carbocycles. The fraction of sp³-hybridized carbons (Fsp3) is 0.412. The highest BCUT2D eigenvalue weighted by atomic mass is 16.5. The molecule has 2 N–H and O–H groups in total. The maximum atomic E-state index is 9.77. The van der Waals surface area contributed by atoms with Gasteiger partial charge in [0.2, 0.25) is 0 Å². The number of fused-ring (bicyclic) bond motifs is 1. The van der Waals surface area contributed by atoms with Gasteiger partial charge in [-0.1, -0.05) is 18.2 Å². The van der Waals surface area contributed by atoms with Crippen molar-refractivity contribution in [2.24, 2.45) is 0 Å². The molecule has 0 saturated carbocycles. The predicted octanol–water partition coefficient (Wildman–Crippen LogP) is 3.27. The second-order valence-electron chi connectivity index (χ2n) is 5.89. The molecule has 0 aliphatic heterocycles. The molecule has 1 unspecified atom stereocenters. The molecule has 0 radical (unpaired) electrons. The molecule has 1 atom stereocenters. The van der Waals surface area contributed by atoms with Gasteiger partial charge in [0.1, 0.15) is 5.75 Å². The minimum atomic E-state index is -0.696. The van der Waals surface area contributed by atoms with Crippen LogP contribution in [0.2, 0.25) is 0 Å². The number of aliphatic hydroxyl groups is 1. The molecular weight excluding hydrogens is 250 g/mol. The van der Waals surface area contributed by atoms with Crippen LogP contribution in [0, 0.1) is 0 Å². The highest BCUT2D eigenvalue weighted by molar-refractivity contribution is 5.84. The molecule has 20 heavy (non-hydrogen) atoms. The summed E-state index contributed by atoms with van der Waals surface area (Å²) in [6.07, 6.45) is 0. The van der Waals surface area contributed by atoms with Crippen LogP contribution in [0.15, 0.2) is 36.4 Å². The second-order valence-corrected chi connectivity index (χ2v) is 5.89. The third-order valence-corrected chi connectivity index (χ3v) is 3.41. The Balaban J connectivity index is 2.19. The molecule has 2 rings (SSSR count). The van der Waals surface area contributed by atoms with Crippen molar-refractivity contribution >= 4 is 10.8 Å². The normalized spacial score (nSPS) is 13.4. The largest absolute Gasteiger partial charge is 0.497 e. The molecule has 0 aliphatic rings. The van der Waals surface area contributed by atoms with Crippen molar-refractivity contribution in [3.63, 3.8) is 0 Å². The first-order chi connectivity index (χ1) is 9.39.